The van der Waals surface area contributed by atoms with Crippen LogP contribution in [0, 0.1) is 11.3 Å². The third-order valence-corrected chi connectivity index (χ3v) is 19.4. The van der Waals surface area contributed by atoms with Crippen LogP contribution in [0.25, 0.3) is 11.1 Å². The molecular formula is C74H90BN3. The van der Waals surface area contributed by atoms with E-state index in [1.165, 1.54) is 113 Å². The lowest BCUT2D eigenvalue weighted by atomic mass is 9.33. The van der Waals surface area contributed by atoms with Crippen molar-refractivity contribution in [2.75, 3.05) is 14.7 Å². The summed E-state index contributed by atoms with van der Waals surface area (Å²) in [4.78, 5) is 8.25. The van der Waals surface area contributed by atoms with Crippen LogP contribution in [-0.4, -0.2) is 12.3 Å². The van der Waals surface area contributed by atoms with Gasteiger partial charge in [-0.25, -0.2) is 0 Å². The highest BCUT2D eigenvalue weighted by Crippen LogP contribution is 2.65. The van der Waals surface area contributed by atoms with Crippen LogP contribution >= 0.6 is 0 Å². The molecular weight excluding hydrogens is 942 g/mol. The largest absolute Gasteiger partial charge is 0.334 e. The molecule has 3 nitrogen and oxygen atoms in total. The van der Waals surface area contributed by atoms with E-state index in [4.69, 9.17) is 0 Å². The van der Waals surface area contributed by atoms with Crippen LogP contribution in [0.15, 0.2) is 140 Å². The van der Waals surface area contributed by atoms with Crippen molar-refractivity contribution in [3.8, 4) is 11.1 Å². The van der Waals surface area contributed by atoms with Crippen molar-refractivity contribution < 1.29 is 0 Å². The van der Waals surface area contributed by atoms with E-state index < -0.39 is 0 Å². The average molecular weight is 1030 g/mol. The summed E-state index contributed by atoms with van der Waals surface area (Å²) < 4.78 is 0. The topological polar surface area (TPSA) is 9.72 Å². The van der Waals surface area contributed by atoms with Crippen molar-refractivity contribution in [1.82, 2.24) is 0 Å². The number of rotatable bonds is 4. The fourth-order valence-electron chi connectivity index (χ4n) is 14.1. The van der Waals surface area contributed by atoms with Gasteiger partial charge in [0.2, 0.25) is 0 Å². The van der Waals surface area contributed by atoms with Crippen molar-refractivity contribution in [1.29, 1.82) is 0 Å². The molecule has 7 aromatic rings. The Balaban J connectivity index is 1.31. The Hall–Kier alpha value is -6.00. The Morgan fingerprint density at radius 1 is 0.423 bits per heavy atom. The molecule has 3 unspecified atom stereocenters. The maximum atomic E-state index is 2.86. The van der Waals surface area contributed by atoms with Gasteiger partial charge in [-0.15, -0.1) is 0 Å². The lowest BCUT2D eigenvalue weighted by molar-refractivity contribution is 0.0786. The van der Waals surface area contributed by atoms with E-state index in [0.717, 1.165) is 12.8 Å². The van der Waals surface area contributed by atoms with Crippen molar-refractivity contribution in [3.05, 3.63) is 173 Å². The number of hydrogen-bond donors (Lipinski definition) is 0. The molecule has 1 saturated carbocycles. The first kappa shape index (κ1) is 54.0. The monoisotopic (exact) mass is 1030 g/mol. The summed E-state index contributed by atoms with van der Waals surface area (Å²) in [5.41, 5.74) is 24.5. The highest BCUT2D eigenvalue weighted by Gasteiger charge is 2.61. The fraction of sp³-hybridized carbons (Fsp3) is 0.432. The minimum Gasteiger partial charge on any atom is -0.334 e. The average Bonchev–Trinajstić information content (AvgIpc) is 3.72. The van der Waals surface area contributed by atoms with Crippen LogP contribution in [0.3, 0.4) is 0 Å². The number of anilines is 8. The number of benzene rings is 7. The van der Waals surface area contributed by atoms with Gasteiger partial charge in [-0.05, 0) is 175 Å². The molecule has 78 heavy (non-hydrogen) atoms. The minimum atomic E-state index is -0.209. The normalized spacial score (nSPS) is 20.3. The van der Waals surface area contributed by atoms with Gasteiger partial charge in [0.1, 0.15) is 0 Å². The smallest absolute Gasteiger partial charge is 0.252 e. The molecule has 0 amide bonds. The Morgan fingerprint density at radius 2 is 0.949 bits per heavy atom. The molecule has 0 radical (unpaired) electrons. The molecule has 0 aromatic heterocycles. The SMILES string of the molecule is CC(C)(C)c1cccc(N2c3cc(C(C)(C)C)ccc3B3c4cc(C(C)(C)C)ccc4N(c4ccc(C(C)(C)C)cc4-c4ccccc4)c4cc(N5c6ccc(C(C)(C)C)cc6C6(C)CC(C(C)(C)C)CCC56C)cc2c43)c1. The molecule has 1 aliphatic carbocycles. The summed E-state index contributed by atoms with van der Waals surface area (Å²) in [5.74, 6) is 0.601. The summed E-state index contributed by atoms with van der Waals surface area (Å²) >= 11 is 0. The highest BCUT2D eigenvalue weighted by atomic mass is 15.3. The molecule has 7 aromatic carbocycles. The second-order valence-corrected chi connectivity index (χ2v) is 30.9. The first-order valence-corrected chi connectivity index (χ1v) is 29.5. The van der Waals surface area contributed by atoms with E-state index in [-0.39, 0.29) is 50.2 Å². The zero-order chi connectivity index (χ0) is 56.2. The fourth-order valence-corrected chi connectivity index (χ4v) is 14.1. The second-order valence-electron chi connectivity index (χ2n) is 30.9. The third-order valence-electron chi connectivity index (χ3n) is 19.4. The Morgan fingerprint density at radius 3 is 1.55 bits per heavy atom. The van der Waals surface area contributed by atoms with E-state index in [0.29, 0.717) is 5.92 Å². The maximum Gasteiger partial charge on any atom is 0.252 e. The molecule has 1 fully saturated rings. The van der Waals surface area contributed by atoms with Crippen LogP contribution in [0.5, 0.6) is 0 Å². The molecule has 0 saturated heterocycles. The Labute approximate surface area is 472 Å². The van der Waals surface area contributed by atoms with E-state index in [1.807, 2.05) is 0 Å². The molecule has 11 rings (SSSR count). The number of hydrogen-bond acceptors (Lipinski definition) is 3. The van der Waals surface area contributed by atoms with Crippen LogP contribution < -0.4 is 31.1 Å². The summed E-state index contributed by atoms with van der Waals surface area (Å²) in [5, 5.41) is 0. The number of nitrogens with zero attached hydrogens (tertiary/aromatic N) is 3. The summed E-state index contributed by atoms with van der Waals surface area (Å²) in [6, 6.07) is 55.9. The van der Waals surface area contributed by atoms with Crippen LogP contribution in [0.2, 0.25) is 0 Å². The van der Waals surface area contributed by atoms with Crippen LogP contribution in [-0.2, 0) is 32.5 Å². The van der Waals surface area contributed by atoms with Gasteiger partial charge in [0, 0.05) is 50.8 Å². The zero-order valence-electron chi connectivity index (χ0n) is 51.4. The summed E-state index contributed by atoms with van der Waals surface area (Å²) in [7, 11) is 0. The molecule has 3 heterocycles. The Bertz CT molecular complexity index is 3500. The van der Waals surface area contributed by atoms with E-state index in [2.05, 4.69) is 293 Å². The van der Waals surface area contributed by atoms with Crippen molar-refractivity contribution in [2.45, 2.75) is 196 Å². The van der Waals surface area contributed by atoms with Gasteiger partial charge in [-0.1, -0.05) is 216 Å². The highest BCUT2D eigenvalue weighted by molar-refractivity contribution is 7.00. The standard InChI is InChI=1S/C74H90BN3/c1-67(2,3)48-27-24-28-54(39-48)76-63-43-52(71(13,14)15)29-33-58(63)75-59-42-51(70(10,11)12)32-36-62(59)77(60-34-30-49(68(4,5)6)40-56(60)47-25-22-21-23-26-47)65-45-55(44-64(76)66(65)75)78-61-35-31-50(69(7,8)9)41-57(61)73(19)46-53(72(16,17)18)37-38-74(73,78)20/h21-36,39-45,53H,37-38,46H2,1-20H3. The number of fused-ring (bicyclic) bond motifs is 7. The third kappa shape index (κ3) is 8.68. The van der Waals surface area contributed by atoms with Gasteiger partial charge in [0.05, 0.1) is 11.2 Å². The molecule has 3 atom stereocenters. The van der Waals surface area contributed by atoms with Crippen molar-refractivity contribution >= 4 is 68.6 Å². The zero-order valence-corrected chi connectivity index (χ0v) is 51.4. The quantitative estimate of drug-likeness (QED) is 0.163. The van der Waals surface area contributed by atoms with Crippen LogP contribution in [0.4, 0.5) is 45.5 Å². The lowest BCUT2D eigenvalue weighted by Gasteiger charge is -2.55. The van der Waals surface area contributed by atoms with Crippen LogP contribution in [0.1, 0.15) is 191 Å². The predicted molar refractivity (Wildman–Crippen MR) is 341 cm³/mol. The van der Waals surface area contributed by atoms with Gasteiger partial charge in [-0.3, -0.25) is 0 Å². The molecule has 4 aliphatic rings. The second kappa shape index (κ2) is 17.8. The molecule has 0 bridgehead atoms. The van der Waals surface area contributed by atoms with Gasteiger partial charge < -0.3 is 14.7 Å². The van der Waals surface area contributed by atoms with Crippen molar-refractivity contribution in [3.63, 3.8) is 0 Å². The van der Waals surface area contributed by atoms with E-state index >= 15 is 0 Å². The summed E-state index contributed by atoms with van der Waals surface area (Å²) in [6.45, 7) is 48.1. The maximum absolute atomic E-state index is 2.86. The first-order valence-electron chi connectivity index (χ1n) is 29.5. The van der Waals surface area contributed by atoms with Gasteiger partial charge in [-0.2, -0.15) is 0 Å². The van der Waals surface area contributed by atoms with E-state index in [9.17, 15) is 0 Å². The van der Waals surface area contributed by atoms with E-state index in [1.54, 1.807) is 0 Å². The lowest BCUT2D eigenvalue weighted by Crippen LogP contribution is -2.62. The van der Waals surface area contributed by atoms with Gasteiger partial charge in [0.15, 0.2) is 0 Å². The Kier molecular flexibility index (Phi) is 12.3. The van der Waals surface area contributed by atoms with Gasteiger partial charge in [0.25, 0.3) is 6.71 Å². The predicted octanol–water partition coefficient (Wildman–Crippen LogP) is 18.9. The summed E-state index contributed by atoms with van der Waals surface area (Å²) in [6.07, 6.45) is 3.44. The van der Waals surface area contributed by atoms with Gasteiger partial charge >= 0.3 is 0 Å². The molecule has 3 aliphatic heterocycles. The van der Waals surface area contributed by atoms with Crippen molar-refractivity contribution in [2.24, 2.45) is 11.3 Å². The molecule has 404 valence electrons. The molecule has 4 heteroatoms. The minimum absolute atomic E-state index is 0.0133. The first-order chi connectivity index (χ1) is 36.2. The molecule has 0 N–H and O–H groups in total. The molecule has 0 spiro atoms.